The SMILES string of the molecule is COc1ccc(-c2cc(C)nc(-n3nc(C)cc3N)n2)cc1. The van der Waals surface area contributed by atoms with Crippen LogP contribution in [-0.4, -0.2) is 26.9 Å². The highest BCUT2D eigenvalue weighted by Crippen LogP contribution is 2.22. The molecule has 0 aliphatic rings. The van der Waals surface area contributed by atoms with E-state index in [-0.39, 0.29) is 0 Å². The molecule has 22 heavy (non-hydrogen) atoms. The first-order valence-electron chi connectivity index (χ1n) is 6.89. The van der Waals surface area contributed by atoms with Gasteiger partial charge in [0.15, 0.2) is 0 Å². The molecule has 0 aliphatic carbocycles. The van der Waals surface area contributed by atoms with E-state index in [4.69, 9.17) is 10.5 Å². The second kappa shape index (κ2) is 5.48. The van der Waals surface area contributed by atoms with Crippen molar-refractivity contribution in [1.82, 2.24) is 19.7 Å². The average molecular weight is 295 g/mol. The molecule has 0 unspecified atom stereocenters. The van der Waals surface area contributed by atoms with Gasteiger partial charge in [0, 0.05) is 17.3 Å². The van der Waals surface area contributed by atoms with Crippen molar-refractivity contribution in [2.75, 3.05) is 12.8 Å². The molecule has 0 saturated carbocycles. The molecule has 112 valence electrons. The lowest BCUT2D eigenvalue weighted by atomic mass is 10.1. The minimum atomic E-state index is 0.469. The Morgan fingerprint density at radius 2 is 1.73 bits per heavy atom. The molecule has 1 aromatic carbocycles. The van der Waals surface area contributed by atoms with Crippen molar-refractivity contribution in [2.45, 2.75) is 13.8 Å². The number of nitrogen functional groups attached to an aromatic ring is 1. The molecule has 0 saturated heterocycles. The summed E-state index contributed by atoms with van der Waals surface area (Å²) in [5, 5.41) is 4.33. The third-order valence-corrected chi connectivity index (χ3v) is 3.28. The van der Waals surface area contributed by atoms with Crippen LogP contribution < -0.4 is 10.5 Å². The minimum absolute atomic E-state index is 0.469. The van der Waals surface area contributed by atoms with Crippen molar-refractivity contribution in [2.24, 2.45) is 0 Å². The van der Waals surface area contributed by atoms with E-state index in [1.807, 2.05) is 44.2 Å². The summed E-state index contributed by atoms with van der Waals surface area (Å²) in [5.41, 5.74) is 9.43. The van der Waals surface area contributed by atoms with Gasteiger partial charge < -0.3 is 10.5 Å². The normalized spacial score (nSPS) is 10.7. The molecule has 0 radical (unpaired) electrons. The molecule has 0 atom stereocenters. The third-order valence-electron chi connectivity index (χ3n) is 3.28. The maximum absolute atomic E-state index is 5.95. The largest absolute Gasteiger partial charge is 0.497 e. The summed E-state index contributed by atoms with van der Waals surface area (Å²) >= 11 is 0. The molecule has 2 aromatic heterocycles. The highest BCUT2D eigenvalue weighted by Gasteiger charge is 2.10. The van der Waals surface area contributed by atoms with Crippen LogP contribution in [0, 0.1) is 13.8 Å². The maximum Gasteiger partial charge on any atom is 0.253 e. The van der Waals surface area contributed by atoms with Gasteiger partial charge in [-0.1, -0.05) is 0 Å². The Balaban J connectivity index is 2.07. The lowest BCUT2D eigenvalue weighted by molar-refractivity contribution is 0.415. The minimum Gasteiger partial charge on any atom is -0.497 e. The van der Waals surface area contributed by atoms with E-state index < -0.39 is 0 Å². The second-order valence-electron chi connectivity index (χ2n) is 5.05. The number of methoxy groups -OCH3 is 1. The van der Waals surface area contributed by atoms with Crippen LogP contribution in [0.1, 0.15) is 11.4 Å². The molecule has 2 N–H and O–H groups in total. The van der Waals surface area contributed by atoms with E-state index in [1.165, 1.54) is 0 Å². The molecule has 6 nitrogen and oxygen atoms in total. The van der Waals surface area contributed by atoms with Crippen molar-refractivity contribution in [3.05, 3.63) is 47.8 Å². The fourth-order valence-electron chi connectivity index (χ4n) is 2.24. The van der Waals surface area contributed by atoms with Crippen LogP contribution in [0.5, 0.6) is 5.75 Å². The summed E-state index contributed by atoms with van der Waals surface area (Å²) in [5.74, 6) is 1.79. The summed E-state index contributed by atoms with van der Waals surface area (Å²) in [4.78, 5) is 8.99. The number of benzene rings is 1. The van der Waals surface area contributed by atoms with Crippen LogP contribution in [0.15, 0.2) is 36.4 Å². The summed E-state index contributed by atoms with van der Waals surface area (Å²) in [6, 6.07) is 11.4. The molecule has 0 spiro atoms. The molecule has 3 aromatic rings. The summed E-state index contributed by atoms with van der Waals surface area (Å²) in [7, 11) is 1.64. The molecule has 0 bridgehead atoms. The number of nitrogens with two attached hydrogens (primary N) is 1. The molecule has 3 rings (SSSR count). The number of aryl methyl sites for hydroxylation is 2. The Morgan fingerprint density at radius 1 is 1.00 bits per heavy atom. The van der Waals surface area contributed by atoms with Gasteiger partial charge in [-0.3, -0.25) is 0 Å². The van der Waals surface area contributed by atoms with Gasteiger partial charge in [0.1, 0.15) is 11.6 Å². The van der Waals surface area contributed by atoms with Gasteiger partial charge in [-0.25, -0.2) is 9.97 Å². The van der Waals surface area contributed by atoms with Crippen molar-refractivity contribution < 1.29 is 4.74 Å². The first-order chi connectivity index (χ1) is 10.6. The Bertz CT molecular complexity index is 808. The van der Waals surface area contributed by atoms with E-state index in [9.17, 15) is 0 Å². The van der Waals surface area contributed by atoms with Gasteiger partial charge in [0.05, 0.1) is 18.5 Å². The van der Waals surface area contributed by atoms with E-state index in [0.29, 0.717) is 11.8 Å². The lowest BCUT2D eigenvalue weighted by Crippen LogP contribution is -2.08. The Morgan fingerprint density at radius 3 is 2.32 bits per heavy atom. The second-order valence-corrected chi connectivity index (χ2v) is 5.05. The van der Waals surface area contributed by atoms with Gasteiger partial charge in [-0.15, -0.1) is 0 Å². The number of hydrogen-bond donors (Lipinski definition) is 1. The average Bonchev–Trinajstić information content (AvgIpc) is 2.85. The molecule has 6 heteroatoms. The van der Waals surface area contributed by atoms with Crippen molar-refractivity contribution in [3.63, 3.8) is 0 Å². The highest BCUT2D eigenvalue weighted by atomic mass is 16.5. The van der Waals surface area contributed by atoms with Crippen LogP contribution in [0.3, 0.4) is 0 Å². The van der Waals surface area contributed by atoms with Crippen LogP contribution in [0.4, 0.5) is 5.82 Å². The molecule has 0 amide bonds. The van der Waals surface area contributed by atoms with Gasteiger partial charge in [0.2, 0.25) is 0 Å². The van der Waals surface area contributed by atoms with Crippen LogP contribution in [-0.2, 0) is 0 Å². The number of anilines is 1. The first-order valence-corrected chi connectivity index (χ1v) is 6.89. The first kappa shape index (κ1) is 14.1. The van der Waals surface area contributed by atoms with Crippen molar-refractivity contribution in [1.29, 1.82) is 0 Å². The summed E-state index contributed by atoms with van der Waals surface area (Å²) in [6.07, 6.45) is 0. The Labute approximate surface area is 128 Å². The van der Waals surface area contributed by atoms with Crippen LogP contribution in [0.2, 0.25) is 0 Å². The zero-order valence-electron chi connectivity index (χ0n) is 12.7. The number of nitrogens with zero attached hydrogens (tertiary/aromatic N) is 4. The summed E-state index contributed by atoms with van der Waals surface area (Å²) in [6.45, 7) is 3.80. The topological polar surface area (TPSA) is 78.8 Å². The third kappa shape index (κ3) is 2.63. The van der Waals surface area contributed by atoms with Gasteiger partial charge in [0.25, 0.3) is 5.95 Å². The number of ether oxygens (including phenoxy) is 1. The van der Waals surface area contributed by atoms with E-state index in [2.05, 4.69) is 15.1 Å². The smallest absolute Gasteiger partial charge is 0.253 e. The maximum atomic E-state index is 5.95. The zero-order chi connectivity index (χ0) is 15.7. The molecule has 2 heterocycles. The fourth-order valence-corrected chi connectivity index (χ4v) is 2.24. The van der Waals surface area contributed by atoms with Gasteiger partial charge in [-0.2, -0.15) is 9.78 Å². The highest BCUT2D eigenvalue weighted by molar-refractivity contribution is 5.61. The van der Waals surface area contributed by atoms with Crippen molar-refractivity contribution in [3.8, 4) is 23.0 Å². The van der Waals surface area contributed by atoms with Crippen molar-refractivity contribution >= 4 is 5.82 Å². The van der Waals surface area contributed by atoms with Gasteiger partial charge in [-0.05, 0) is 44.2 Å². The molecule has 0 fully saturated rings. The van der Waals surface area contributed by atoms with Gasteiger partial charge >= 0.3 is 0 Å². The number of hydrogen-bond acceptors (Lipinski definition) is 5. The van der Waals surface area contributed by atoms with Crippen LogP contribution in [0.25, 0.3) is 17.2 Å². The standard InChI is InChI=1S/C16H17N5O/c1-10-8-14(12-4-6-13(22-3)7-5-12)19-16(18-10)21-15(17)9-11(2)20-21/h4-9H,17H2,1-3H3. The predicted octanol–water partition coefficient (Wildman–Crippen LogP) is 2.54. The quantitative estimate of drug-likeness (QED) is 0.803. The summed E-state index contributed by atoms with van der Waals surface area (Å²) < 4.78 is 6.73. The lowest BCUT2D eigenvalue weighted by Gasteiger charge is -2.08. The zero-order valence-corrected chi connectivity index (χ0v) is 12.7. The van der Waals surface area contributed by atoms with E-state index >= 15 is 0 Å². The van der Waals surface area contributed by atoms with E-state index in [1.54, 1.807) is 17.9 Å². The number of aromatic nitrogens is 4. The molecular formula is C16H17N5O. The van der Waals surface area contributed by atoms with Crippen LogP contribution >= 0.6 is 0 Å². The fraction of sp³-hybridized carbons (Fsp3) is 0.188. The predicted molar refractivity (Wildman–Crippen MR) is 85.0 cm³/mol. The number of rotatable bonds is 3. The monoisotopic (exact) mass is 295 g/mol. The Kier molecular flexibility index (Phi) is 3.50. The molecular weight excluding hydrogens is 278 g/mol. The molecule has 0 aliphatic heterocycles. The Hall–Kier alpha value is -2.89. The van der Waals surface area contributed by atoms with E-state index in [0.717, 1.165) is 28.4 Å².